The SMILES string of the molecule is Cc1c(C(=O)Nc2ccncc2)oc2c1/C(=N/NC(=O)c1ccc(F)cc1)CCC2. The van der Waals surface area contributed by atoms with Crippen molar-refractivity contribution in [2.45, 2.75) is 26.2 Å². The summed E-state index contributed by atoms with van der Waals surface area (Å²) in [6, 6.07) is 8.59. The van der Waals surface area contributed by atoms with Crippen LogP contribution in [0, 0.1) is 12.7 Å². The van der Waals surface area contributed by atoms with E-state index in [0.717, 1.165) is 12.0 Å². The zero-order chi connectivity index (χ0) is 21.1. The Labute approximate surface area is 172 Å². The molecule has 0 bridgehead atoms. The normalized spacial score (nSPS) is 14.3. The molecule has 3 aromatic rings. The highest BCUT2D eigenvalue weighted by molar-refractivity contribution is 6.09. The number of halogens is 1. The van der Waals surface area contributed by atoms with Crippen LogP contribution in [0.2, 0.25) is 0 Å². The number of hydrogen-bond acceptors (Lipinski definition) is 5. The van der Waals surface area contributed by atoms with Crippen molar-refractivity contribution < 1.29 is 18.4 Å². The molecule has 0 atom stereocenters. The van der Waals surface area contributed by atoms with Crippen LogP contribution in [-0.4, -0.2) is 22.5 Å². The minimum Gasteiger partial charge on any atom is -0.455 e. The third kappa shape index (κ3) is 3.98. The lowest BCUT2D eigenvalue weighted by Gasteiger charge is -2.13. The number of pyridine rings is 1. The number of aromatic nitrogens is 1. The first-order chi connectivity index (χ1) is 14.5. The number of carbonyl (C=O) groups excluding carboxylic acids is 2. The maximum Gasteiger partial charge on any atom is 0.291 e. The third-order valence-corrected chi connectivity index (χ3v) is 4.87. The van der Waals surface area contributed by atoms with Crippen LogP contribution in [0.15, 0.2) is 58.3 Å². The molecule has 0 radical (unpaired) electrons. The average molecular weight is 406 g/mol. The van der Waals surface area contributed by atoms with Crippen LogP contribution < -0.4 is 10.7 Å². The maximum atomic E-state index is 13.0. The van der Waals surface area contributed by atoms with E-state index in [-0.39, 0.29) is 11.7 Å². The van der Waals surface area contributed by atoms with Crippen molar-refractivity contribution in [2.75, 3.05) is 5.32 Å². The van der Waals surface area contributed by atoms with Gasteiger partial charge in [0, 0.05) is 41.2 Å². The highest BCUT2D eigenvalue weighted by atomic mass is 19.1. The zero-order valence-corrected chi connectivity index (χ0v) is 16.2. The summed E-state index contributed by atoms with van der Waals surface area (Å²) in [5, 5.41) is 7.05. The quantitative estimate of drug-likeness (QED) is 0.644. The van der Waals surface area contributed by atoms with E-state index in [0.29, 0.717) is 41.1 Å². The first kappa shape index (κ1) is 19.5. The molecular formula is C22H19FN4O3. The van der Waals surface area contributed by atoms with Crippen LogP contribution >= 0.6 is 0 Å². The van der Waals surface area contributed by atoms with E-state index in [1.54, 1.807) is 31.5 Å². The molecule has 0 fully saturated rings. The summed E-state index contributed by atoms with van der Waals surface area (Å²) in [5.41, 5.74) is 5.50. The Morgan fingerprint density at radius 3 is 2.53 bits per heavy atom. The number of nitrogens with one attached hydrogen (secondary N) is 2. The topological polar surface area (TPSA) is 96.6 Å². The number of rotatable bonds is 4. The molecule has 1 aromatic carbocycles. The van der Waals surface area contributed by atoms with E-state index in [1.807, 2.05) is 0 Å². The van der Waals surface area contributed by atoms with Gasteiger partial charge in [0.15, 0.2) is 5.76 Å². The molecular weight excluding hydrogens is 387 g/mol. The molecule has 0 spiro atoms. The molecule has 0 aliphatic heterocycles. The lowest BCUT2D eigenvalue weighted by atomic mass is 9.93. The highest BCUT2D eigenvalue weighted by Gasteiger charge is 2.28. The molecule has 1 aliphatic rings. The van der Waals surface area contributed by atoms with Crippen molar-refractivity contribution in [3.8, 4) is 0 Å². The number of aryl methyl sites for hydroxylation is 1. The second-order valence-corrected chi connectivity index (χ2v) is 6.90. The number of furan rings is 1. The van der Waals surface area contributed by atoms with E-state index in [9.17, 15) is 14.0 Å². The van der Waals surface area contributed by atoms with Crippen LogP contribution in [0.1, 0.15) is 50.6 Å². The van der Waals surface area contributed by atoms with Gasteiger partial charge in [-0.1, -0.05) is 0 Å². The van der Waals surface area contributed by atoms with Gasteiger partial charge in [-0.3, -0.25) is 14.6 Å². The van der Waals surface area contributed by atoms with E-state index in [1.165, 1.54) is 24.3 Å². The number of nitrogens with zero attached hydrogens (tertiary/aromatic N) is 2. The van der Waals surface area contributed by atoms with Crippen molar-refractivity contribution in [2.24, 2.45) is 5.10 Å². The smallest absolute Gasteiger partial charge is 0.291 e. The highest BCUT2D eigenvalue weighted by Crippen LogP contribution is 2.30. The van der Waals surface area contributed by atoms with Crippen LogP contribution in [0.5, 0.6) is 0 Å². The Kier molecular flexibility index (Phi) is 5.38. The number of amides is 2. The standard InChI is InChI=1S/C22H19FN4O3/c1-13-19-17(26-27-21(28)14-5-7-15(23)8-6-14)3-2-4-18(19)30-20(13)22(29)25-16-9-11-24-12-10-16/h5-12H,2-4H2,1H3,(H,27,28)(H,24,25,29)/b26-17+. The van der Waals surface area contributed by atoms with Gasteiger partial charge in [0.2, 0.25) is 0 Å². The summed E-state index contributed by atoms with van der Waals surface area (Å²) in [6.07, 6.45) is 5.29. The minimum atomic E-state index is -0.438. The number of carbonyl (C=O) groups is 2. The Morgan fingerprint density at radius 1 is 1.07 bits per heavy atom. The molecule has 0 saturated carbocycles. The van der Waals surface area contributed by atoms with Gasteiger partial charge in [-0.05, 0) is 56.2 Å². The molecule has 8 heteroatoms. The van der Waals surface area contributed by atoms with Crippen molar-refractivity contribution in [1.29, 1.82) is 0 Å². The summed E-state index contributed by atoms with van der Waals surface area (Å²) in [7, 11) is 0. The number of hydrogen-bond donors (Lipinski definition) is 2. The van der Waals surface area contributed by atoms with Crippen molar-refractivity contribution in [3.05, 3.63) is 82.8 Å². The van der Waals surface area contributed by atoms with Crippen molar-refractivity contribution in [1.82, 2.24) is 10.4 Å². The predicted molar refractivity (Wildman–Crippen MR) is 109 cm³/mol. The summed E-state index contributed by atoms with van der Waals surface area (Å²) in [5.74, 6) is -0.319. The minimum absolute atomic E-state index is 0.219. The van der Waals surface area contributed by atoms with E-state index in [4.69, 9.17) is 4.42 Å². The molecule has 4 rings (SSSR count). The van der Waals surface area contributed by atoms with Gasteiger partial charge in [0.1, 0.15) is 11.6 Å². The van der Waals surface area contributed by atoms with Gasteiger partial charge >= 0.3 is 0 Å². The first-order valence-corrected chi connectivity index (χ1v) is 9.49. The van der Waals surface area contributed by atoms with E-state index < -0.39 is 11.7 Å². The number of fused-ring (bicyclic) bond motifs is 1. The van der Waals surface area contributed by atoms with E-state index in [2.05, 4.69) is 20.8 Å². The molecule has 7 nitrogen and oxygen atoms in total. The van der Waals surface area contributed by atoms with Crippen LogP contribution in [0.3, 0.4) is 0 Å². The molecule has 30 heavy (non-hydrogen) atoms. The van der Waals surface area contributed by atoms with Gasteiger partial charge in [-0.15, -0.1) is 0 Å². The Hall–Kier alpha value is -3.81. The summed E-state index contributed by atoms with van der Waals surface area (Å²) >= 11 is 0. The van der Waals surface area contributed by atoms with Crippen molar-refractivity contribution in [3.63, 3.8) is 0 Å². The first-order valence-electron chi connectivity index (χ1n) is 9.49. The fraction of sp³-hybridized carbons (Fsp3) is 0.182. The summed E-state index contributed by atoms with van der Waals surface area (Å²) in [4.78, 5) is 28.9. The number of anilines is 1. The second-order valence-electron chi connectivity index (χ2n) is 6.90. The molecule has 152 valence electrons. The van der Waals surface area contributed by atoms with Gasteiger partial charge in [-0.25, -0.2) is 9.82 Å². The van der Waals surface area contributed by atoms with Gasteiger partial charge in [0.05, 0.1) is 5.71 Å². The second kappa shape index (κ2) is 8.28. The third-order valence-electron chi connectivity index (χ3n) is 4.87. The lowest BCUT2D eigenvalue weighted by molar-refractivity contribution is 0.0953. The Balaban J connectivity index is 1.56. The molecule has 2 aromatic heterocycles. The van der Waals surface area contributed by atoms with Crippen LogP contribution in [0.4, 0.5) is 10.1 Å². The van der Waals surface area contributed by atoms with Gasteiger partial charge in [0.25, 0.3) is 11.8 Å². The monoisotopic (exact) mass is 406 g/mol. The zero-order valence-electron chi connectivity index (χ0n) is 16.2. The maximum absolute atomic E-state index is 13.0. The Morgan fingerprint density at radius 2 is 1.80 bits per heavy atom. The molecule has 1 aliphatic carbocycles. The summed E-state index contributed by atoms with van der Waals surface area (Å²) in [6.45, 7) is 1.80. The van der Waals surface area contributed by atoms with E-state index >= 15 is 0 Å². The van der Waals surface area contributed by atoms with Crippen LogP contribution in [0.25, 0.3) is 0 Å². The fourth-order valence-electron chi connectivity index (χ4n) is 3.40. The number of hydrazone groups is 1. The predicted octanol–water partition coefficient (Wildman–Crippen LogP) is 3.84. The molecule has 0 unspecified atom stereocenters. The number of benzene rings is 1. The average Bonchev–Trinajstić information content (AvgIpc) is 3.10. The summed E-state index contributed by atoms with van der Waals surface area (Å²) < 4.78 is 18.9. The lowest BCUT2D eigenvalue weighted by Crippen LogP contribution is -2.22. The molecule has 0 saturated heterocycles. The van der Waals surface area contributed by atoms with Gasteiger partial charge < -0.3 is 9.73 Å². The van der Waals surface area contributed by atoms with Gasteiger partial charge in [-0.2, -0.15) is 5.10 Å². The van der Waals surface area contributed by atoms with Crippen LogP contribution in [-0.2, 0) is 6.42 Å². The fourth-order valence-corrected chi connectivity index (χ4v) is 3.40. The molecule has 2 amide bonds. The van der Waals surface area contributed by atoms with Crippen molar-refractivity contribution >= 4 is 23.2 Å². The largest absolute Gasteiger partial charge is 0.455 e. The Bertz CT molecular complexity index is 1120. The molecule has 2 heterocycles. The molecule has 2 N–H and O–H groups in total.